The van der Waals surface area contributed by atoms with Gasteiger partial charge in [-0.1, -0.05) is 30.3 Å². The van der Waals surface area contributed by atoms with E-state index in [1.807, 2.05) is 22.9 Å². The van der Waals surface area contributed by atoms with Gasteiger partial charge in [0, 0.05) is 24.7 Å². The van der Waals surface area contributed by atoms with E-state index >= 15 is 0 Å². The molecule has 0 amide bonds. The third-order valence-corrected chi connectivity index (χ3v) is 2.70. The summed E-state index contributed by atoms with van der Waals surface area (Å²) in [7, 11) is 0. The fourth-order valence-corrected chi connectivity index (χ4v) is 1.92. The van der Waals surface area contributed by atoms with Crippen LogP contribution in [0, 0.1) is 0 Å². The van der Waals surface area contributed by atoms with Crippen molar-refractivity contribution in [3.63, 3.8) is 0 Å². The molecule has 0 aliphatic carbocycles. The molecule has 0 bridgehead atoms. The number of hydrogen-bond donors (Lipinski definition) is 1. The lowest BCUT2D eigenvalue weighted by molar-refractivity contribution is 0.569. The van der Waals surface area contributed by atoms with E-state index in [2.05, 4.69) is 28.6 Å². The average molecular weight is 199 g/mol. The Hall–Kier alpha value is -1.77. The van der Waals surface area contributed by atoms with E-state index in [4.69, 9.17) is 0 Å². The van der Waals surface area contributed by atoms with E-state index in [9.17, 15) is 0 Å². The van der Waals surface area contributed by atoms with Gasteiger partial charge < -0.3 is 5.32 Å². The highest BCUT2D eigenvalue weighted by atomic mass is 15.3. The average Bonchev–Trinajstić information content (AvgIpc) is 2.74. The van der Waals surface area contributed by atoms with Crippen molar-refractivity contribution in [2.45, 2.75) is 13.0 Å². The number of nitrogens with zero attached hydrogens (tertiary/aromatic N) is 2. The molecule has 1 aliphatic rings. The molecule has 0 saturated carbocycles. The van der Waals surface area contributed by atoms with Gasteiger partial charge in [-0.05, 0) is 6.42 Å². The maximum atomic E-state index is 4.58. The van der Waals surface area contributed by atoms with Crippen LogP contribution in [0.1, 0.15) is 6.42 Å². The third-order valence-electron chi connectivity index (χ3n) is 2.70. The van der Waals surface area contributed by atoms with Gasteiger partial charge in [-0.2, -0.15) is 5.10 Å². The highest BCUT2D eigenvalue weighted by Crippen LogP contribution is 2.23. The van der Waals surface area contributed by atoms with Crippen LogP contribution in [0.5, 0.6) is 0 Å². The molecule has 3 rings (SSSR count). The third kappa shape index (κ3) is 1.50. The van der Waals surface area contributed by atoms with Gasteiger partial charge in [-0.3, -0.25) is 0 Å². The summed E-state index contributed by atoms with van der Waals surface area (Å²) in [4.78, 5) is 0. The molecular weight excluding hydrogens is 186 g/mol. The fourth-order valence-electron chi connectivity index (χ4n) is 1.92. The number of anilines is 1. The predicted octanol–water partition coefficient (Wildman–Crippen LogP) is 2.37. The number of aromatic nitrogens is 2. The first-order valence-electron chi connectivity index (χ1n) is 5.31. The van der Waals surface area contributed by atoms with E-state index in [1.165, 1.54) is 5.56 Å². The van der Waals surface area contributed by atoms with E-state index < -0.39 is 0 Å². The Morgan fingerprint density at radius 3 is 2.87 bits per heavy atom. The number of nitrogens with one attached hydrogen (secondary N) is 1. The fraction of sp³-hybridized carbons (Fsp3) is 0.250. The molecule has 1 aromatic heterocycles. The van der Waals surface area contributed by atoms with Crippen molar-refractivity contribution in [3.8, 4) is 11.3 Å². The van der Waals surface area contributed by atoms with Crippen LogP contribution in [-0.2, 0) is 6.54 Å². The van der Waals surface area contributed by atoms with Crippen molar-refractivity contribution in [1.82, 2.24) is 9.78 Å². The molecular formula is C12H13N3. The van der Waals surface area contributed by atoms with Gasteiger partial charge in [0.2, 0.25) is 0 Å². The number of benzene rings is 1. The summed E-state index contributed by atoms with van der Waals surface area (Å²) < 4.78 is 2.05. The Balaban J connectivity index is 2.03. The smallest absolute Gasteiger partial charge is 0.124 e. The van der Waals surface area contributed by atoms with Gasteiger partial charge in [0.15, 0.2) is 0 Å². The van der Waals surface area contributed by atoms with Crippen LogP contribution in [0.4, 0.5) is 5.82 Å². The van der Waals surface area contributed by atoms with Gasteiger partial charge in [0.05, 0.1) is 5.69 Å². The molecule has 1 N–H and O–H groups in total. The number of rotatable bonds is 1. The largest absolute Gasteiger partial charge is 0.370 e. The maximum absolute atomic E-state index is 4.58. The van der Waals surface area contributed by atoms with E-state index in [0.717, 1.165) is 31.0 Å². The standard InChI is InChI=1S/C12H13N3/c1-2-5-10(6-3-1)11-9-12-13-7-4-8-15(12)14-11/h1-3,5-6,9,13H,4,7-8H2. The first-order chi connectivity index (χ1) is 7.43. The molecule has 0 radical (unpaired) electrons. The van der Waals surface area contributed by atoms with Crippen molar-refractivity contribution >= 4 is 5.82 Å². The zero-order chi connectivity index (χ0) is 10.1. The lowest BCUT2D eigenvalue weighted by Gasteiger charge is -2.14. The maximum Gasteiger partial charge on any atom is 0.124 e. The summed E-state index contributed by atoms with van der Waals surface area (Å²) in [6.07, 6.45) is 1.16. The zero-order valence-electron chi connectivity index (χ0n) is 8.48. The minimum absolute atomic E-state index is 1.02. The monoisotopic (exact) mass is 199 g/mol. The molecule has 2 heterocycles. The van der Waals surface area contributed by atoms with Crippen LogP contribution in [0.15, 0.2) is 36.4 Å². The Labute approximate surface area is 88.7 Å². The Morgan fingerprint density at radius 1 is 1.20 bits per heavy atom. The molecule has 0 atom stereocenters. The Morgan fingerprint density at radius 2 is 2.07 bits per heavy atom. The zero-order valence-corrected chi connectivity index (χ0v) is 8.48. The predicted molar refractivity (Wildman–Crippen MR) is 60.8 cm³/mol. The second-order valence-corrected chi connectivity index (χ2v) is 3.78. The summed E-state index contributed by atoms with van der Waals surface area (Å²) in [5.74, 6) is 1.14. The van der Waals surface area contributed by atoms with Crippen LogP contribution < -0.4 is 5.32 Å². The van der Waals surface area contributed by atoms with E-state index in [-0.39, 0.29) is 0 Å². The summed E-state index contributed by atoms with van der Waals surface area (Å²) in [5.41, 5.74) is 2.24. The highest BCUT2D eigenvalue weighted by Gasteiger charge is 2.11. The molecule has 3 heteroatoms. The molecule has 0 unspecified atom stereocenters. The summed E-state index contributed by atoms with van der Waals surface area (Å²) in [6, 6.07) is 12.4. The summed E-state index contributed by atoms with van der Waals surface area (Å²) in [6.45, 7) is 2.08. The van der Waals surface area contributed by atoms with Gasteiger partial charge in [0.1, 0.15) is 5.82 Å². The van der Waals surface area contributed by atoms with Crippen molar-refractivity contribution in [2.24, 2.45) is 0 Å². The minimum atomic E-state index is 1.02. The molecule has 1 aromatic carbocycles. The van der Waals surface area contributed by atoms with Gasteiger partial charge >= 0.3 is 0 Å². The van der Waals surface area contributed by atoms with E-state index in [1.54, 1.807) is 0 Å². The van der Waals surface area contributed by atoms with E-state index in [0.29, 0.717) is 0 Å². The Bertz CT molecular complexity index is 435. The molecule has 2 aromatic rings. The van der Waals surface area contributed by atoms with Crippen molar-refractivity contribution in [3.05, 3.63) is 36.4 Å². The molecule has 0 fully saturated rings. The van der Waals surface area contributed by atoms with Crippen LogP contribution in [0.25, 0.3) is 11.3 Å². The van der Waals surface area contributed by atoms with Gasteiger partial charge in [-0.15, -0.1) is 0 Å². The topological polar surface area (TPSA) is 29.9 Å². The molecule has 15 heavy (non-hydrogen) atoms. The number of fused-ring (bicyclic) bond motifs is 1. The molecule has 76 valence electrons. The Kier molecular flexibility index (Phi) is 1.95. The molecule has 0 spiro atoms. The number of hydrogen-bond acceptors (Lipinski definition) is 2. The molecule has 1 aliphatic heterocycles. The summed E-state index contributed by atoms with van der Waals surface area (Å²) in [5, 5.41) is 7.93. The quantitative estimate of drug-likeness (QED) is 0.764. The van der Waals surface area contributed by atoms with Crippen molar-refractivity contribution in [2.75, 3.05) is 11.9 Å². The van der Waals surface area contributed by atoms with Crippen LogP contribution in [0.2, 0.25) is 0 Å². The van der Waals surface area contributed by atoms with Crippen molar-refractivity contribution in [1.29, 1.82) is 0 Å². The minimum Gasteiger partial charge on any atom is -0.370 e. The normalized spacial score (nSPS) is 14.4. The second kappa shape index (κ2) is 3.42. The lowest BCUT2D eigenvalue weighted by atomic mass is 10.1. The van der Waals surface area contributed by atoms with Crippen LogP contribution in [-0.4, -0.2) is 16.3 Å². The SMILES string of the molecule is c1ccc(-c2cc3n(n2)CCCN3)cc1. The highest BCUT2D eigenvalue weighted by molar-refractivity contribution is 5.63. The molecule has 3 nitrogen and oxygen atoms in total. The molecule has 0 saturated heterocycles. The second-order valence-electron chi connectivity index (χ2n) is 3.78. The first-order valence-corrected chi connectivity index (χ1v) is 5.31. The van der Waals surface area contributed by atoms with Gasteiger partial charge in [0.25, 0.3) is 0 Å². The summed E-state index contributed by atoms with van der Waals surface area (Å²) >= 11 is 0. The number of aryl methyl sites for hydroxylation is 1. The van der Waals surface area contributed by atoms with Crippen LogP contribution in [0.3, 0.4) is 0 Å². The first kappa shape index (κ1) is 8.53. The van der Waals surface area contributed by atoms with Crippen molar-refractivity contribution < 1.29 is 0 Å². The lowest BCUT2D eigenvalue weighted by Crippen LogP contribution is -2.17. The van der Waals surface area contributed by atoms with Crippen LogP contribution >= 0.6 is 0 Å². The van der Waals surface area contributed by atoms with Gasteiger partial charge in [-0.25, -0.2) is 4.68 Å².